The largest absolute Gasteiger partial charge is 0.492 e. The van der Waals surface area contributed by atoms with E-state index in [0.29, 0.717) is 19.6 Å². The van der Waals surface area contributed by atoms with Crippen molar-refractivity contribution in [1.29, 1.82) is 0 Å². The zero-order valence-corrected chi connectivity index (χ0v) is 21.8. The van der Waals surface area contributed by atoms with Crippen molar-refractivity contribution in [3.8, 4) is 5.75 Å². The normalized spacial score (nSPS) is 15.5. The van der Waals surface area contributed by atoms with Gasteiger partial charge in [0.25, 0.3) is 0 Å². The third kappa shape index (κ3) is 6.15. The number of carbonyl (C=O) groups excluding carboxylic acids is 1. The van der Waals surface area contributed by atoms with Gasteiger partial charge in [0.1, 0.15) is 12.4 Å². The highest BCUT2D eigenvalue weighted by Gasteiger charge is 2.27. The van der Waals surface area contributed by atoms with Gasteiger partial charge in [0, 0.05) is 20.1 Å². The van der Waals surface area contributed by atoms with E-state index >= 15 is 0 Å². The molecule has 0 amide bonds. The Morgan fingerprint density at radius 1 is 1.00 bits per heavy atom. The average Bonchev–Trinajstić information content (AvgIpc) is 3.04. The molecule has 36 heavy (non-hydrogen) atoms. The fourth-order valence-corrected chi connectivity index (χ4v) is 5.01. The molecule has 0 heterocycles. The van der Waals surface area contributed by atoms with Gasteiger partial charge in [-0.2, -0.15) is 0 Å². The van der Waals surface area contributed by atoms with Crippen LogP contribution < -0.4 is 4.74 Å². The molecule has 5 nitrogen and oxygen atoms in total. The van der Waals surface area contributed by atoms with Gasteiger partial charge in [-0.05, 0) is 73.7 Å². The molecule has 3 aromatic carbocycles. The lowest BCUT2D eigenvalue weighted by atomic mass is 9.92. The van der Waals surface area contributed by atoms with Crippen molar-refractivity contribution < 1.29 is 19.0 Å². The van der Waals surface area contributed by atoms with Gasteiger partial charge in [-0.1, -0.05) is 60.2 Å². The second-order valence-electron chi connectivity index (χ2n) is 9.46. The van der Waals surface area contributed by atoms with Crippen LogP contribution in [0.4, 0.5) is 0 Å². The van der Waals surface area contributed by atoms with Crippen molar-refractivity contribution in [3.63, 3.8) is 0 Å². The fourth-order valence-electron chi connectivity index (χ4n) is 5.01. The monoisotopic (exact) mass is 487 g/mol. The number of hydrogen-bond acceptors (Lipinski definition) is 5. The van der Waals surface area contributed by atoms with Crippen molar-refractivity contribution >= 4 is 5.97 Å². The molecule has 190 valence electrons. The second kappa shape index (κ2) is 12.2. The molecule has 3 aromatic rings. The van der Waals surface area contributed by atoms with Crippen LogP contribution in [0.3, 0.4) is 0 Å². The van der Waals surface area contributed by atoms with E-state index in [1.807, 2.05) is 24.3 Å². The molecule has 1 aliphatic rings. The van der Waals surface area contributed by atoms with Crippen LogP contribution in [-0.2, 0) is 33.5 Å². The summed E-state index contributed by atoms with van der Waals surface area (Å²) >= 11 is 0. The van der Waals surface area contributed by atoms with Crippen LogP contribution in [0.15, 0.2) is 66.7 Å². The minimum atomic E-state index is -0.598. The van der Waals surface area contributed by atoms with Crippen molar-refractivity contribution in [1.82, 2.24) is 4.90 Å². The highest BCUT2D eigenvalue weighted by molar-refractivity contribution is 5.75. The summed E-state index contributed by atoms with van der Waals surface area (Å²) in [6, 6.07) is 23.8. The number of aryl methyl sites for hydroxylation is 3. The van der Waals surface area contributed by atoms with Gasteiger partial charge in [0.15, 0.2) is 6.10 Å². The molecule has 0 saturated heterocycles. The maximum atomic E-state index is 12.0. The molecule has 0 bridgehead atoms. The molecule has 0 radical (unpaired) electrons. The predicted octanol–water partition coefficient (Wildman–Crippen LogP) is 5.31. The number of methoxy groups -OCH3 is 1. The fraction of sp³-hybridized carbons (Fsp3) is 0.387. The van der Waals surface area contributed by atoms with Crippen molar-refractivity contribution in [3.05, 3.63) is 100 Å². The standard InChI is InChI=1S/C31H37NO4/c1-5-35-31(33)29(34-4)21-23-11-16-26(17-12-23)36-19-18-32(3)30-27-9-7-6-8-24(27)14-15-25-13-10-22(2)20-28(25)30/h6-13,16-17,20,29-30H,5,14-15,18-19,21H2,1-4H3. The lowest BCUT2D eigenvalue weighted by Crippen LogP contribution is -2.30. The first kappa shape index (κ1) is 25.9. The Kier molecular flexibility index (Phi) is 8.79. The van der Waals surface area contributed by atoms with Gasteiger partial charge < -0.3 is 14.2 Å². The first-order chi connectivity index (χ1) is 17.5. The number of rotatable bonds is 10. The van der Waals surface area contributed by atoms with E-state index in [4.69, 9.17) is 14.2 Å². The molecule has 0 fully saturated rings. The first-order valence-corrected chi connectivity index (χ1v) is 12.8. The summed E-state index contributed by atoms with van der Waals surface area (Å²) < 4.78 is 16.5. The third-order valence-corrected chi connectivity index (χ3v) is 6.94. The molecule has 1 aliphatic carbocycles. The van der Waals surface area contributed by atoms with E-state index in [0.717, 1.165) is 30.7 Å². The summed E-state index contributed by atoms with van der Waals surface area (Å²) in [6.07, 6.45) is 2.01. The molecule has 0 aromatic heterocycles. The zero-order chi connectivity index (χ0) is 25.5. The SMILES string of the molecule is CCOC(=O)C(Cc1ccc(OCCN(C)C2c3ccccc3CCc3ccc(C)cc32)cc1)OC. The molecule has 4 rings (SSSR count). The Hall–Kier alpha value is -3.15. The average molecular weight is 488 g/mol. The van der Waals surface area contributed by atoms with Gasteiger partial charge in [-0.25, -0.2) is 4.79 Å². The number of nitrogens with zero attached hydrogens (tertiary/aromatic N) is 1. The maximum absolute atomic E-state index is 12.0. The number of likely N-dealkylation sites (N-methyl/N-ethyl adjacent to an activating group) is 1. The Bertz CT molecular complexity index is 1160. The number of esters is 1. The Morgan fingerprint density at radius 3 is 2.44 bits per heavy atom. The molecular formula is C31H37NO4. The number of fused-ring (bicyclic) bond motifs is 2. The Balaban J connectivity index is 1.41. The molecule has 0 spiro atoms. The van der Waals surface area contributed by atoms with Crippen LogP contribution in [0, 0.1) is 6.92 Å². The summed E-state index contributed by atoms with van der Waals surface area (Å²) in [4.78, 5) is 14.4. The van der Waals surface area contributed by atoms with E-state index in [9.17, 15) is 4.79 Å². The van der Waals surface area contributed by atoms with E-state index in [2.05, 4.69) is 61.3 Å². The van der Waals surface area contributed by atoms with Gasteiger partial charge in [-0.15, -0.1) is 0 Å². The molecule has 2 atom stereocenters. The van der Waals surface area contributed by atoms with E-state index in [-0.39, 0.29) is 12.0 Å². The summed E-state index contributed by atoms with van der Waals surface area (Å²) in [5.74, 6) is 0.481. The summed E-state index contributed by atoms with van der Waals surface area (Å²) in [5, 5.41) is 0. The van der Waals surface area contributed by atoms with Crippen molar-refractivity contribution in [2.75, 3.05) is 33.9 Å². The molecule has 2 unspecified atom stereocenters. The molecule has 0 aliphatic heterocycles. The van der Waals surface area contributed by atoms with Crippen LogP contribution >= 0.6 is 0 Å². The molecular weight excluding hydrogens is 450 g/mol. The van der Waals surface area contributed by atoms with Crippen LogP contribution in [0.25, 0.3) is 0 Å². The topological polar surface area (TPSA) is 48.0 Å². The lowest BCUT2D eigenvalue weighted by Gasteiger charge is -2.30. The van der Waals surface area contributed by atoms with Crippen LogP contribution in [-0.4, -0.2) is 50.9 Å². The summed E-state index contributed by atoms with van der Waals surface area (Å²) in [7, 11) is 3.72. The van der Waals surface area contributed by atoms with E-state index in [1.54, 1.807) is 6.92 Å². The quantitative estimate of drug-likeness (QED) is 0.363. The first-order valence-electron chi connectivity index (χ1n) is 12.8. The van der Waals surface area contributed by atoms with Crippen LogP contribution in [0.5, 0.6) is 5.75 Å². The Labute approximate surface area is 215 Å². The molecule has 5 heteroatoms. The van der Waals surface area contributed by atoms with Gasteiger partial charge in [0.2, 0.25) is 0 Å². The summed E-state index contributed by atoms with van der Waals surface area (Å²) in [6.45, 7) is 5.69. The highest BCUT2D eigenvalue weighted by atomic mass is 16.6. The van der Waals surface area contributed by atoms with Crippen molar-refractivity contribution in [2.24, 2.45) is 0 Å². The minimum Gasteiger partial charge on any atom is -0.492 e. The highest BCUT2D eigenvalue weighted by Crippen LogP contribution is 2.36. The Morgan fingerprint density at radius 2 is 1.72 bits per heavy atom. The van der Waals surface area contributed by atoms with Crippen LogP contribution in [0.1, 0.15) is 46.3 Å². The minimum absolute atomic E-state index is 0.207. The van der Waals surface area contributed by atoms with Gasteiger partial charge in [0.05, 0.1) is 12.6 Å². The summed E-state index contributed by atoms with van der Waals surface area (Å²) in [5.41, 5.74) is 7.95. The third-order valence-electron chi connectivity index (χ3n) is 6.94. The van der Waals surface area contributed by atoms with Crippen molar-refractivity contribution in [2.45, 2.75) is 45.3 Å². The molecule has 0 saturated carbocycles. The number of benzene rings is 3. The van der Waals surface area contributed by atoms with E-state index < -0.39 is 6.10 Å². The van der Waals surface area contributed by atoms with Crippen LogP contribution in [0.2, 0.25) is 0 Å². The number of hydrogen-bond donors (Lipinski definition) is 0. The number of carbonyl (C=O) groups is 1. The van der Waals surface area contributed by atoms with E-state index in [1.165, 1.54) is 34.9 Å². The number of ether oxygens (including phenoxy) is 3. The smallest absolute Gasteiger partial charge is 0.335 e. The second-order valence-corrected chi connectivity index (χ2v) is 9.46. The maximum Gasteiger partial charge on any atom is 0.335 e. The van der Waals surface area contributed by atoms with Gasteiger partial charge in [-0.3, -0.25) is 4.90 Å². The predicted molar refractivity (Wildman–Crippen MR) is 143 cm³/mol. The molecule has 0 N–H and O–H groups in total. The lowest BCUT2D eigenvalue weighted by molar-refractivity contribution is -0.154. The zero-order valence-electron chi connectivity index (χ0n) is 21.8. The van der Waals surface area contributed by atoms with Gasteiger partial charge >= 0.3 is 5.97 Å².